The smallest absolute Gasteiger partial charge is 0.250 e. The molecule has 2 bridgehead atoms. The number of anilines is 1. The van der Waals surface area contributed by atoms with Crippen molar-refractivity contribution in [3.8, 4) is 34.1 Å². The Balaban J connectivity index is 1.25. The van der Waals surface area contributed by atoms with Crippen LogP contribution in [0.1, 0.15) is 38.5 Å². The van der Waals surface area contributed by atoms with Crippen LogP contribution in [0.25, 0.3) is 22.5 Å². The molecule has 36 heavy (non-hydrogen) atoms. The number of hydrogen-bond acceptors (Lipinski definition) is 8. The number of aromatic nitrogens is 4. The third-order valence-corrected chi connectivity index (χ3v) is 7.48. The molecule has 2 aromatic heterocycles. The van der Waals surface area contributed by atoms with Gasteiger partial charge in [-0.15, -0.1) is 10.2 Å². The number of rotatable bonds is 6. The SMILES string of the molecule is COc1ncc(-c2ccc(-c3ncc(N(C4CC4)[C@H]4C[C@@H]5CCC[C@@H](N5)[C@H]4F)nn3)c(O)c2)cc1F. The Bertz CT molecular complexity index is 1260. The van der Waals surface area contributed by atoms with Crippen molar-refractivity contribution >= 4 is 5.82 Å². The summed E-state index contributed by atoms with van der Waals surface area (Å²) in [5, 5.41) is 22.8. The summed E-state index contributed by atoms with van der Waals surface area (Å²) in [6.07, 6.45) is 7.93. The van der Waals surface area contributed by atoms with Gasteiger partial charge in [-0.3, -0.25) is 0 Å². The maximum Gasteiger partial charge on any atom is 0.250 e. The lowest BCUT2D eigenvalue weighted by molar-refractivity contribution is 0.104. The van der Waals surface area contributed by atoms with Crippen LogP contribution in [0.4, 0.5) is 14.6 Å². The van der Waals surface area contributed by atoms with Crippen LogP contribution < -0.4 is 15.0 Å². The van der Waals surface area contributed by atoms with Crippen LogP contribution in [-0.2, 0) is 0 Å². The summed E-state index contributed by atoms with van der Waals surface area (Å²) in [6.45, 7) is 0. The van der Waals surface area contributed by atoms with E-state index in [0.29, 0.717) is 28.6 Å². The topological polar surface area (TPSA) is 96.3 Å². The monoisotopic (exact) mass is 494 g/mol. The van der Waals surface area contributed by atoms with Gasteiger partial charge in [0.05, 0.1) is 24.9 Å². The van der Waals surface area contributed by atoms with E-state index in [4.69, 9.17) is 4.74 Å². The number of aromatic hydroxyl groups is 1. The van der Waals surface area contributed by atoms with Crippen molar-refractivity contribution in [1.82, 2.24) is 25.5 Å². The molecule has 1 aliphatic carbocycles. The first kappa shape index (κ1) is 23.0. The number of hydrogen-bond donors (Lipinski definition) is 2. The molecule has 3 aliphatic rings. The number of phenolic OH excluding ortho intramolecular Hbond substituents is 1. The molecule has 10 heteroatoms. The van der Waals surface area contributed by atoms with Gasteiger partial charge in [0.25, 0.3) is 0 Å². The van der Waals surface area contributed by atoms with Gasteiger partial charge in [-0.2, -0.15) is 0 Å². The molecule has 1 saturated carbocycles. The Morgan fingerprint density at radius 1 is 1.06 bits per heavy atom. The van der Waals surface area contributed by atoms with Crippen molar-refractivity contribution in [1.29, 1.82) is 0 Å². The fraction of sp³-hybridized carbons (Fsp3) is 0.462. The van der Waals surface area contributed by atoms with Gasteiger partial charge >= 0.3 is 0 Å². The quantitative estimate of drug-likeness (QED) is 0.530. The molecule has 0 amide bonds. The summed E-state index contributed by atoms with van der Waals surface area (Å²) in [6, 6.07) is 6.46. The number of nitrogens with one attached hydrogen (secondary N) is 1. The second kappa shape index (κ2) is 9.24. The predicted molar refractivity (Wildman–Crippen MR) is 130 cm³/mol. The Hall–Kier alpha value is -3.40. The number of methoxy groups -OCH3 is 1. The summed E-state index contributed by atoms with van der Waals surface area (Å²) in [5.74, 6) is 0.0923. The number of nitrogens with zero attached hydrogens (tertiary/aromatic N) is 5. The normalized spacial score (nSPS) is 25.4. The number of pyridine rings is 1. The minimum Gasteiger partial charge on any atom is -0.507 e. The standard InChI is InChI=1S/C26H28F2N6O2/c1-36-26-19(27)9-15(12-30-26)14-5-8-18(22(35)10-14)25-29-13-23(32-33-25)34(17-6-7-17)21-11-16-3-2-4-20(31-16)24(21)28/h5,8-10,12-13,16-17,20-21,24,31,35H,2-4,6-7,11H2,1H3/t16-,20+,21-,24+/m0/s1. The molecule has 3 fully saturated rings. The number of piperidine rings is 2. The highest BCUT2D eigenvalue weighted by Crippen LogP contribution is 2.39. The molecule has 2 N–H and O–H groups in total. The molecular weight excluding hydrogens is 466 g/mol. The molecule has 0 spiro atoms. The molecule has 2 saturated heterocycles. The van der Waals surface area contributed by atoms with E-state index < -0.39 is 12.0 Å². The van der Waals surface area contributed by atoms with Crippen LogP contribution >= 0.6 is 0 Å². The molecule has 1 aromatic carbocycles. The Kier molecular flexibility index (Phi) is 5.91. The van der Waals surface area contributed by atoms with Crippen molar-refractivity contribution in [2.75, 3.05) is 12.0 Å². The maximum atomic E-state index is 15.4. The molecule has 0 unspecified atom stereocenters. The van der Waals surface area contributed by atoms with Crippen molar-refractivity contribution in [2.24, 2.45) is 0 Å². The van der Waals surface area contributed by atoms with Crippen LogP contribution in [0.5, 0.6) is 11.6 Å². The van der Waals surface area contributed by atoms with Crippen LogP contribution in [0, 0.1) is 5.82 Å². The van der Waals surface area contributed by atoms with E-state index in [1.165, 1.54) is 25.4 Å². The first-order valence-corrected chi connectivity index (χ1v) is 12.4. The van der Waals surface area contributed by atoms with Crippen molar-refractivity contribution < 1.29 is 18.6 Å². The Morgan fingerprint density at radius 3 is 2.61 bits per heavy atom. The molecule has 4 heterocycles. The van der Waals surface area contributed by atoms with Gasteiger partial charge in [-0.05, 0) is 55.9 Å². The lowest BCUT2D eigenvalue weighted by atomic mass is 9.82. The zero-order chi connectivity index (χ0) is 24.8. The van der Waals surface area contributed by atoms with Gasteiger partial charge < -0.3 is 20.1 Å². The molecule has 188 valence electrons. The number of fused-ring (bicyclic) bond motifs is 2. The molecule has 3 aromatic rings. The molecular formula is C26H28F2N6O2. The fourth-order valence-corrected chi connectivity index (χ4v) is 5.57. The lowest BCUT2D eigenvalue weighted by Crippen LogP contribution is -2.62. The Labute approximate surface area is 207 Å². The molecule has 6 rings (SSSR count). The Morgan fingerprint density at radius 2 is 1.92 bits per heavy atom. The number of ether oxygens (including phenoxy) is 1. The third kappa shape index (κ3) is 4.23. The second-order valence-electron chi connectivity index (χ2n) is 9.87. The van der Waals surface area contributed by atoms with Crippen LogP contribution in [-0.4, -0.2) is 62.7 Å². The summed E-state index contributed by atoms with van der Waals surface area (Å²) < 4.78 is 34.4. The molecule has 4 atom stereocenters. The van der Waals surface area contributed by atoms with E-state index in [9.17, 15) is 9.50 Å². The number of phenols is 1. The van der Waals surface area contributed by atoms with Crippen molar-refractivity contribution in [2.45, 2.75) is 68.9 Å². The van der Waals surface area contributed by atoms with Gasteiger partial charge in [-0.1, -0.05) is 12.5 Å². The van der Waals surface area contributed by atoms with Crippen LogP contribution in [0.2, 0.25) is 0 Å². The zero-order valence-corrected chi connectivity index (χ0v) is 19.9. The highest BCUT2D eigenvalue weighted by Gasteiger charge is 2.46. The third-order valence-electron chi connectivity index (χ3n) is 7.48. The first-order valence-electron chi connectivity index (χ1n) is 12.4. The highest BCUT2D eigenvalue weighted by molar-refractivity contribution is 5.72. The summed E-state index contributed by atoms with van der Waals surface area (Å²) in [5.41, 5.74) is 1.48. The number of alkyl halides is 1. The van der Waals surface area contributed by atoms with Gasteiger partial charge in [0, 0.05) is 29.9 Å². The van der Waals surface area contributed by atoms with Gasteiger partial charge in [0.15, 0.2) is 17.5 Å². The van der Waals surface area contributed by atoms with Crippen LogP contribution in [0.15, 0.2) is 36.7 Å². The highest BCUT2D eigenvalue weighted by atomic mass is 19.1. The summed E-state index contributed by atoms with van der Waals surface area (Å²) in [4.78, 5) is 10.5. The largest absolute Gasteiger partial charge is 0.507 e. The molecule has 0 radical (unpaired) electrons. The number of benzene rings is 1. The molecule has 8 nitrogen and oxygen atoms in total. The maximum absolute atomic E-state index is 15.4. The average molecular weight is 495 g/mol. The van der Waals surface area contributed by atoms with E-state index in [0.717, 1.165) is 38.5 Å². The van der Waals surface area contributed by atoms with E-state index >= 15 is 4.39 Å². The van der Waals surface area contributed by atoms with E-state index in [2.05, 4.69) is 30.4 Å². The fourth-order valence-electron chi connectivity index (χ4n) is 5.57. The van der Waals surface area contributed by atoms with Crippen molar-refractivity contribution in [3.63, 3.8) is 0 Å². The molecule has 2 aliphatic heterocycles. The van der Waals surface area contributed by atoms with E-state index in [-0.39, 0.29) is 35.6 Å². The predicted octanol–water partition coefficient (Wildman–Crippen LogP) is 4.04. The van der Waals surface area contributed by atoms with E-state index in [1.807, 2.05) is 0 Å². The summed E-state index contributed by atoms with van der Waals surface area (Å²) >= 11 is 0. The average Bonchev–Trinajstić information content (AvgIpc) is 3.73. The minimum absolute atomic E-state index is 0.0627. The second-order valence-corrected chi connectivity index (χ2v) is 9.87. The minimum atomic E-state index is -0.961. The van der Waals surface area contributed by atoms with Gasteiger partial charge in [-0.25, -0.2) is 18.7 Å². The summed E-state index contributed by atoms with van der Waals surface area (Å²) in [7, 11) is 1.35. The van der Waals surface area contributed by atoms with E-state index in [1.54, 1.807) is 18.3 Å². The van der Waals surface area contributed by atoms with Crippen LogP contribution in [0.3, 0.4) is 0 Å². The van der Waals surface area contributed by atoms with Crippen molar-refractivity contribution in [3.05, 3.63) is 42.5 Å². The van der Waals surface area contributed by atoms with Gasteiger partial charge in [0.1, 0.15) is 11.9 Å². The number of halogens is 2. The zero-order valence-electron chi connectivity index (χ0n) is 19.9. The lowest BCUT2D eigenvalue weighted by Gasteiger charge is -2.47. The first-order chi connectivity index (χ1) is 17.5. The van der Waals surface area contributed by atoms with Gasteiger partial charge in [0.2, 0.25) is 5.88 Å².